The zero-order valence-corrected chi connectivity index (χ0v) is 7.65. The summed E-state index contributed by atoms with van der Waals surface area (Å²) >= 11 is 5.73. The van der Waals surface area contributed by atoms with Gasteiger partial charge in [0.1, 0.15) is 5.82 Å². The first-order valence-electron chi connectivity index (χ1n) is 3.53. The highest BCUT2D eigenvalue weighted by atomic mass is 35.5. The monoisotopic (exact) mass is 202 g/mol. The second-order valence-corrected chi connectivity index (χ2v) is 2.92. The normalized spacial score (nSPS) is 9.77. The van der Waals surface area contributed by atoms with Gasteiger partial charge in [-0.1, -0.05) is 17.7 Å². The van der Waals surface area contributed by atoms with Gasteiger partial charge in [0.15, 0.2) is 0 Å². The molecule has 0 unspecified atom stereocenters. The largest absolute Gasteiger partial charge is 0.351 e. The van der Waals surface area contributed by atoms with Crippen molar-refractivity contribution in [2.45, 2.75) is 6.92 Å². The quantitative estimate of drug-likeness (QED) is 0.721. The summed E-state index contributed by atoms with van der Waals surface area (Å²) in [5.41, 5.74) is 5.44. The molecule has 0 saturated carbocycles. The lowest BCUT2D eigenvalue weighted by Gasteiger charge is -2.07. The van der Waals surface area contributed by atoms with Gasteiger partial charge in [0.2, 0.25) is 0 Å². The molecule has 0 spiro atoms. The first kappa shape index (κ1) is 9.80. The zero-order valence-electron chi connectivity index (χ0n) is 6.90. The van der Waals surface area contributed by atoms with Crippen molar-refractivity contribution in [3.05, 3.63) is 28.5 Å². The minimum Gasteiger partial charge on any atom is -0.351 e. The van der Waals surface area contributed by atoms with E-state index in [4.69, 9.17) is 17.3 Å². The van der Waals surface area contributed by atoms with Gasteiger partial charge in [-0.2, -0.15) is 0 Å². The molecule has 13 heavy (non-hydrogen) atoms. The third-order valence-electron chi connectivity index (χ3n) is 1.53. The molecule has 0 aliphatic rings. The van der Waals surface area contributed by atoms with E-state index in [1.54, 1.807) is 6.92 Å². The predicted octanol–water partition coefficient (Wildman–Crippen LogP) is 2.28. The molecule has 2 amide bonds. The van der Waals surface area contributed by atoms with Crippen LogP contribution in [-0.2, 0) is 0 Å². The number of hydrogen-bond donors (Lipinski definition) is 2. The maximum absolute atomic E-state index is 13.0. The summed E-state index contributed by atoms with van der Waals surface area (Å²) in [6.07, 6.45) is 0. The van der Waals surface area contributed by atoms with Gasteiger partial charge in [-0.3, -0.25) is 0 Å². The summed E-state index contributed by atoms with van der Waals surface area (Å²) < 4.78 is 13.0. The molecule has 0 bridgehead atoms. The molecule has 1 aromatic rings. The molecule has 1 aromatic carbocycles. The minimum atomic E-state index is -0.841. The highest BCUT2D eigenvalue weighted by molar-refractivity contribution is 6.34. The lowest BCUT2D eigenvalue weighted by molar-refractivity contribution is 0.259. The van der Waals surface area contributed by atoms with Gasteiger partial charge < -0.3 is 11.1 Å². The smallest absolute Gasteiger partial charge is 0.316 e. The molecule has 70 valence electrons. The molecule has 0 aliphatic heterocycles. The van der Waals surface area contributed by atoms with E-state index in [1.165, 1.54) is 12.1 Å². The summed E-state index contributed by atoms with van der Waals surface area (Å²) in [7, 11) is 0. The molecule has 0 aliphatic carbocycles. The second-order valence-electron chi connectivity index (χ2n) is 2.54. The Hall–Kier alpha value is -1.29. The fourth-order valence-corrected chi connectivity index (χ4v) is 1.09. The van der Waals surface area contributed by atoms with Crippen LogP contribution >= 0.6 is 11.6 Å². The molecule has 0 atom stereocenters. The Kier molecular flexibility index (Phi) is 2.72. The van der Waals surface area contributed by atoms with Gasteiger partial charge in [0.05, 0.1) is 10.7 Å². The Morgan fingerprint density at radius 2 is 2.23 bits per heavy atom. The van der Waals surface area contributed by atoms with Crippen LogP contribution in [0.25, 0.3) is 0 Å². The van der Waals surface area contributed by atoms with Gasteiger partial charge in [-0.25, -0.2) is 9.18 Å². The van der Waals surface area contributed by atoms with E-state index < -0.39 is 11.8 Å². The predicted molar refractivity (Wildman–Crippen MR) is 49.4 cm³/mol. The summed E-state index contributed by atoms with van der Waals surface area (Å²) in [6.45, 7) is 1.70. The highest BCUT2D eigenvalue weighted by Gasteiger charge is 2.10. The average Bonchev–Trinajstić information content (AvgIpc) is 2.05. The number of rotatable bonds is 1. The van der Waals surface area contributed by atoms with Crippen LogP contribution in [0.5, 0.6) is 0 Å². The third kappa shape index (κ3) is 2.09. The molecule has 0 fully saturated rings. The summed E-state index contributed by atoms with van der Waals surface area (Å²) in [4.78, 5) is 10.5. The van der Waals surface area contributed by atoms with E-state index in [9.17, 15) is 9.18 Å². The topological polar surface area (TPSA) is 55.1 Å². The maximum Gasteiger partial charge on any atom is 0.316 e. The van der Waals surface area contributed by atoms with Gasteiger partial charge in [-0.15, -0.1) is 0 Å². The van der Waals surface area contributed by atoms with E-state index in [0.717, 1.165) is 0 Å². The van der Waals surface area contributed by atoms with Crippen LogP contribution in [-0.4, -0.2) is 6.03 Å². The van der Waals surface area contributed by atoms with Crippen molar-refractivity contribution >= 4 is 23.3 Å². The Balaban J connectivity index is 3.17. The molecular formula is C8H8ClFN2O. The van der Waals surface area contributed by atoms with E-state index in [1.807, 2.05) is 0 Å². The van der Waals surface area contributed by atoms with Crippen molar-refractivity contribution in [2.24, 2.45) is 5.73 Å². The Labute approximate surface area is 79.7 Å². The van der Waals surface area contributed by atoms with Gasteiger partial charge in [-0.05, 0) is 18.6 Å². The van der Waals surface area contributed by atoms with Crippen molar-refractivity contribution in [3.63, 3.8) is 0 Å². The van der Waals surface area contributed by atoms with Crippen LogP contribution in [0.15, 0.2) is 12.1 Å². The van der Waals surface area contributed by atoms with Crippen LogP contribution in [0.1, 0.15) is 5.56 Å². The number of primary amides is 1. The number of halogens is 2. The van der Waals surface area contributed by atoms with Crippen molar-refractivity contribution in [1.82, 2.24) is 0 Å². The minimum absolute atomic E-state index is 0.0748. The molecule has 0 heterocycles. The number of carbonyl (C=O) groups excluding carboxylic acids is 1. The van der Waals surface area contributed by atoms with E-state index in [-0.39, 0.29) is 10.7 Å². The van der Waals surface area contributed by atoms with Crippen molar-refractivity contribution in [3.8, 4) is 0 Å². The number of carbonyl (C=O) groups is 1. The first-order valence-corrected chi connectivity index (χ1v) is 3.91. The van der Waals surface area contributed by atoms with E-state index in [0.29, 0.717) is 5.56 Å². The van der Waals surface area contributed by atoms with Crippen LogP contribution in [0.4, 0.5) is 14.9 Å². The standard InChI is InChI=1S/C8H8ClFN2O/c1-4-2-3-5(10)7(6(4)9)12-8(11)13/h2-3H,1H3,(H3,11,12,13). The van der Waals surface area contributed by atoms with Crippen LogP contribution in [0, 0.1) is 12.7 Å². The Morgan fingerprint density at radius 1 is 1.62 bits per heavy atom. The average molecular weight is 203 g/mol. The molecule has 0 aromatic heterocycles. The number of benzene rings is 1. The number of hydrogen-bond acceptors (Lipinski definition) is 1. The molecule has 3 nitrogen and oxygen atoms in total. The van der Waals surface area contributed by atoms with E-state index >= 15 is 0 Å². The molecule has 0 radical (unpaired) electrons. The number of nitrogens with one attached hydrogen (secondary N) is 1. The molecule has 1 rings (SSSR count). The van der Waals surface area contributed by atoms with Gasteiger partial charge in [0, 0.05) is 0 Å². The van der Waals surface area contributed by atoms with Gasteiger partial charge >= 0.3 is 6.03 Å². The van der Waals surface area contributed by atoms with Gasteiger partial charge in [0.25, 0.3) is 0 Å². The Morgan fingerprint density at radius 3 is 2.77 bits per heavy atom. The zero-order chi connectivity index (χ0) is 10.0. The van der Waals surface area contributed by atoms with Crippen LogP contribution < -0.4 is 11.1 Å². The summed E-state index contributed by atoms with van der Waals surface area (Å²) in [6, 6.07) is 1.89. The fourth-order valence-electron chi connectivity index (χ4n) is 0.894. The molecule has 3 N–H and O–H groups in total. The molecule has 0 saturated heterocycles. The van der Waals surface area contributed by atoms with Crippen molar-refractivity contribution < 1.29 is 9.18 Å². The van der Waals surface area contributed by atoms with Crippen molar-refractivity contribution in [1.29, 1.82) is 0 Å². The lowest BCUT2D eigenvalue weighted by Crippen LogP contribution is -2.20. The fraction of sp³-hybridized carbons (Fsp3) is 0.125. The molecular weight excluding hydrogens is 195 g/mol. The highest BCUT2D eigenvalue weighted by Crippen LogP contribution is 2.27. The maximum atomic E-state index is 13.0. The van der Waals surface area contributed by atoms with Crippen LogP contribution in [0.2, 0.25) is 5.02 Å². The number of nitrogens with two attached hydrogens (primary N) is 1. The SMILES string of the molecule is Cc1ccc(F)c(NC(N)=O)c1Cl. The van der Waals surface area contributed by atoms with Crippen molar-refractivity contribution in [2.75, 3.05) is 5.32 Å². The first-order chi connectivity index (χ1) is 6.02. The van der Waals surface area contributed by atoms with Crippen LogP contribution in [0.3, 0.4) is 0 Å². The Bertz CT molecular complexity index is 354. The summed E-state index contributed by atoms with van der Waals surface area (Å²) in [5.74, 6) is -0.602. The van der Waals surface area contributed by atoms with E-state index in [2.05, 4.69) is 5.32 Å². The number of urea groups is 1. The lowest BCUT2D eigenvalue weighted by atomic mass is 10.2. The molecule has 5 heteroatoms. The summed E-state index contributed by atoms with van der Waals surface area (Å²) in [5, 5.41) is 2.28. The number of aryl methyl sites for hydroxylation is 1. The second kappa shape index (κ2) is 3.62. The third-order valence-corrected chi connectivity index (χ3v) is 2.02. The number of amides is 2. The number of anilines is 1.